The van der Waals surface area contributed by atoms with Crippen LogP contribution in [-0.2, 0) is 6.54 Å². The van der Waals surface area contributed by atoms with E-state index in [2.05, 4.69) is 10.4 Å². The van der Waals surface area contributed by atoms with E-state index in [1.807, 2.05) is 30.3 Å². The number of phenolic OH excluding ortho intramolecular Hbond substituents is 4. The Bertz CT molecular complexity index is 1250. The highest BCUT2D eigenvalue weighted by Crippen LogP contribution is 2.32. The molecule has 5 N–H and O–H groups in total. The van der Waals surface area contributed by atoms with E-state index in [4.69, 9.17) is 0 Å². The number of para-hydroxylation sites is 1. The normalized spacial score (nSPS) is 10.7. The fourth-order valence-electron chi connectivity index (χ4n) is 3.10. The summed E-state index contributed by atoms with van der Waals surface area (Å²) in [6.07, 6.45) is 0. The molecule has 1 heterocycles. The average Bonchev–Trinajstić information content (AvgIpc) is 3.22. The Morgan fingerprint density at radius 1 is 0.806 bits per heavy atom. The molecule has 0 radical (unpaired) electrons. The van der Waals surface area contributed by atoms with E-state index in [9.17, 15) is 25.2 Å². The zero-order valence-corrected chi connectivity index (χ0v) is 16.2. The molecule has 0 aliphatic rings. The lowest BCUT2D eigenvalue weighted by Gasteiger charge is -2.08. The van der Waals surface area contributed by atoms with Crippen molar-refractivity contribution in [2.45, 2.75) is 6.54 Å². The summed E-state index contributed by atoms with van der Waals surface area (Å²) in [5, 5.41) is 45.7. The van der Waals surface area contributed by atoms with Crippen molar-refractivity contribution in [2.75, 3.05) is 0 Å². The molecular formula is C23H19N3O5. The number of amides is 1. The lowest BCUT2D eigenvalue weighted by molar-refractivity contribution is 0.0945. The monoisotopic (exact) mass is 417 g/mol. The van der Waals surface area contributed by atoms with E-state index in [1.165, 1.54) is 24.3 Å². The maximum absolute atomic E-state index is 12.7. The minimum absolute atomic E-state index is 0.125. The summed E-state index contributed by atoms with van der Waals surface area (Å²) in [7, 11) is 0. The Kier molecular flexibility index (Phi) is 5.19. The van der Waals surface area contributed by atoms with Crippen LogP contribution < -0.4 is 5.32 Å². The smallest absolute Gasteiger partial charge is 0.272 e. The lowest BCUT2D eigenvalue weighted by Crippen LogP contribution is -2.23. The zero-order valence-electron chi connectivity index (χ0n) is 16.2. The summed E-state index contributed by atoms with van der Waals surface area (Å²) >= 11 is 0. The van der Waals surface area contributed by atoms with Crippen molar-refractivity contribution in [2.24, 2.45) is 0 Å². The van der Waals surface area contributed by atoms with Crippen molar-refractivity contribution in [1.82, 2.24) is 15.1 Å². The molecule has 0 aliphatic carbocycles. The number of aromatic nitrogens is 2. The average molecular weight is 417 g/mol. The molecule has 4 aromatic rings. The van der Waals surface area contributed by atoms with Crippen molar-refractivity contribution >= 4 is 5.91 Å². The first-order valence-corrected chi connectivity index (χ1v) is 9.39. The molecule has 31 heavy (non-hydrogen) atoms. The molecular weight excluding hydrogens is 398 g/mol. The number of nitrogens with zero attached hydrogens (tertiary/aromatic N) is 2. The Morgan fingerprint density at radius 3 is 2.16 bits per heavy atom. The van der Waals surface area contributed by atoms with Gasteiger partial charge in [-0.05, 0) is 54.1 Å². The summed E-state index contributed by atoms with van der Waals surface area (Å²) in [6, 6.07) is 19.5. The van der Waals surface area contributed by atoms with Gasteiger partial charge in [0.25, 0.3) is 5.91 Å². The largest absolute Gasteiger partial charge is 0.504 e. The van der Waals surface area contributed by atoms with Crippen LogP contribution >= 0.6 is 0 Å². The van der Waals surface area contributed by atoms with Crippen molar-refractivity contribution in [3.05, 3.63) is 84.1 Å². The molecule has 8 heteroatoms. The van der Waals surface area contributed by atoms with Gasteiger partial charge in [-0.3, -0.25) is 4.79 Å². The van der Waals surface area contributed by atoms with Gasteiger partial charge in [0.1, 0.15) is 0 Å². The first-order valence-electron chi connectivity index (χ1n) is 9.39. The van der Waals surface area contributed by atoms with Crippen molar-refractivity contribution < 1.29 is 25.2 Å². The number of nitrogens with one attached hydrogen (secondary N) is 1. The predicted molar refractivity (Wildman–Crippen MR) is 113 cm³/mol. The quantitative estimate of drug-likeness (QED) is 0.317. The van der Waals surface area contributed by atoms with Crippen LogP contribution in [0.25, 0.3) is 16.9 Å². The highest BCUT2D eigenvalue weighted by molar-refractivity contribution is 5.93. The summed E-state index contributed by atoms with van der Waals surface area (Å²) in [5.41, 5.74) is 2.58. The second kappa shape index (κ2) is 8.11. The Labute approximate surface area is 177 Å². The predicted octanol–water partition coefficient (Wildman–Crippen LogP) is 3.29. The first kappa shape index (κ1) is 19.8. The van der Waals surface area contributed by atoms with Crippen molar-refractivity contribution in [3.63, 3.8) is 0 Å². The lowest BCUT2D eigenvalue weighted by atomic mass is 10.1. The van der Waals surface area contributed by atoms with Crippen LogP contribution in [0.5, 0.6) is 23.0 Å². The van der Waals surface area contributed by atoms with Crippen LogP contribution in [0.1, 0.15) is 16.1 Å². The second-order valence-corrected chi connectivity index (χ2v) is 6.87. The number of carbonyl (C=O) groups excluding carboxylic acids is 1. The number of hydrogen-bond acceptors (Lipinski definition) is 6. The van der Waals surface area contributed by atoms with Crippen LogP contribution in [0, 0.1) is 0 Å². The van der Waals surface area contributed by atoms with E-state index >= 15 is 0 Å². The van der Waals surface area contributed by atoms with Gasteiger partial charge in [0.2, 0.25) is 0 Å². The van der Waals surface area contributed by atoms with Gasteiger partial charge in [0.15, 0.2) is 28.7 Å². The summed E-state index contributed by atoms with van der Waals surface area (Å²) in [6.45, 7) is 0.125. The minimum atomic E-state index is -0.438. The second-order valence-electron chi connectivity index (χ2n) is 6.87. The van der Waals surface area contributed by atoms with Gasteiger partial charge in [0, 0.05) is 12.1 Å². The van der Waals surface area contributed by atoms with Crippen molar-refractivity contribution in [1.29, 1.82) is 0 Å². The number of hydrogen-bond donors (Lipinski definition) is 5. The number of carbonyl (C=O) groups is 1. The molecule has 0 saturated heterocycles. The highest BCUT2D eigenvalue weighted by Gasteiger charge is 2.18. The molecule has 1 amide bonds. The molecule has 1 aromatic heterocycles. The number of rotatable bonds is 5. The molecule has 8 nitrogen and oxygen atoms in total. The van der Waals surface area contributed by atoms with E-state index in [1.54, 1.807) is 22.9 Å². The summed E-state index contributed by atoms with van der Waals surface area (Å²) in [5.74, 6) is -1.47. The molecule has 0 fully saturated rings. The third kappa shape index (κ3) is 4.13. The molecule has 4 rings (SSSR count). The number of phenols is 4. The van der Waals surface area contributed by atoms with E-state index in [0.29, 0.717) is 22.5 Å². The third-order valence-corrected chi connectivity index (χ3v) is 4.71. The molecule has 0 bridgehead atoms. The fourth-order valence-corrected chi connectivity index (χ4v) is 3.10. The maximum Gasteiger partial charge on any atom is 0.272 e. The standard InChI is InChI=1S/C23H19N3O5/c27-19-8-6-14(10-21(19)29)13-24-23(31)17-12-18(15-7-9-20(28)22(30)11-15)26(25-17)16-4-2-1-3-5-16/h1-12,27-30H,13H2,(H,24,31). The van der Waals surface area contributed by atoms with E-state index in [-0.39, 0.29) is 35.2 Å². The van der Waals surface area contributed by atoms with Crippen LogP contribution in [0.4, 0.5) is 0 Å². The van der Waals surface area contributed by atoms with E-state index < -0.39 is 5.91 Å². The number of aromatic hydroxyl groups is 4. The summed E-state index contributed by atoms with van der Waals surface area (Å²) in [4.78, 5) is 12.7. The van der Waals surface area contributed by atoms with Gasteiger partial charge < -0.3 is 25.7 Å². The topological polar surface area (TPSA) is 128 Å². The Morgan fingerprint density at radius 2 is 1.48 bits per heavy atom. The number of benzene rings is 3. The Balaban J connectivity index is 1.66. The SMILES string of the molecule is O=C(NCc1ccc(O)c(O)c1)c1cc(-c2ccc(O)c(O)c2)n(-c2ccccc2)n1. The van der Waals surface area contributed by atoms with Gasteiger partial charge in [0.05, 0.1) is 11.4 Å². The van der Waals surface area contributed by atoms with Crippen LogP contribution in [-0.4, -0.2) is 36.1 Å². The van der Waals surface area contributed by atoms with E-state index in [0.717, 1.165) is 0 Å². The molecule has 0 unspecified atom stereocenters. The van der Waals surface area contributed by atoms with Gasteiger partial charge in [-0.15, -0.1) is 0 Å². The molecule has 0 aliphatic heterocycles. The van der Waals surface area contributed by atoms with Gasteiger partial charge in [-0.1, -0.05) is 24.3 Å². The van der Waals surface area contributed by atoms with Crippen LogP contribution in [0.15, 0.2) is 72.8 Å². The van der Waals surface area contributed by atoms with Gasteiger partial charge in [-0.2, -0.15) is 5.10 Å². The minimum Gasteiger partial charge on any atom is -0.504 e. The fraction of sp³-hybridized carbons (Fsp3) is 0.0435. The van der Waals surface area contributed by atoms with Gasteiger partial charge in [-0.25, -0.2) is 4.68 Å². The maximum atomic E-state index is 12.7. The molecule has 156 valence electrons. The molecule has 3 aromatic carbocycles. The molecule has 0 atom stereocenters. The first-order chi connectivity index (χ1) is 14.9. The van der Waals surface area contributed by atoms with Crippen LogP contribution in [0.2, 0.25) is 0 Å². The molecule has 0 saturated carbocycles. The van der Waals surface area contributed by atoms with Gasteiger partial charge >= 0.3 is 0 Å². The van der Waals surface area contributed by atoms with Crippen LogP contribution in [0.3, 0.4) is 0 Å². The highest BCUT2D eigenvalue weighted by atomic mass is 16.3. The molecule has 0 spiro atoms. The third-order valence-electron chi connectivity index (χ3n) is 4.71. The Hall–Kier alpha value is -4.46. The van der Waals surface area contributed by atoms with Crippen molar-refractivity contribution in [3.8, 4) is 39.9 Å². The summed E-state index contributed by atoms with van der Waals surface area (Å²) < 4.78 is 1.58. The zero-order chi connectivity index (χ0) is 22.0.